The number of hydrogen-bond donors (Lipinski definition) is 1. The third kappa shape index (κ3) is 6.29. The molecule has 0 aromatic heterocycles. The molecule has 4 nitrogen and oxygen atoms in total. The van der Waals surface area contributed by atoms with Gasteiger partial charge in [-0.3, -0.25) is 9.69 Å². The van der Waals surface area contributed by atoms with E-state index >= 15 is 0 Å². The van der Waals surface area contributed by atoms with E-state index in [1.165, 1.54) is 11.6 Å². The van der Waals surface area contributed by atoms with Crippen LogP contribution in [-0.4, -0.2) is 30.0 Å². The Labute approximate surface area is 208 Å². The van der Waals surface area contributed by atoms with E-state index in [0.29, 0.717) is 30.3 Å². The number of nitrogens with one attached hydrogen (secondary N) is 1. The van der Waals surface area contributed by atoms with Gasteiger partial charge in [-0.25, -0.2) is 4.39 Å². The summed E-state index contributed by atoms with van der Waals surface area (Å²) in [5.41, 5.74) is 4.24. The van der Waals surface area contributed by atoms with E-state index < -0.39 is 6.10 Å². The smallest absolute Gasteiger partial charge is 0.260 e. The van der Waals surface area contributed by atoms with Crippen molar-refractivity contribution in [2.24, 2.45) is 5.92 Å². The van der Waals surface area contributed by atoms with Crippen molar-refractivity contribution in [3.63, 3.8) is 0 Å². The summed E-state index contributed by atoms with van der Waals surface area (Å²) in [6.45, 7) is 8.05. The van der Waals surface area contributed by atoms with Crippen molar-refractivity contribution < 1.29 is 13.9 Å². The van der Waals surface area contributed by atoms with Crippen LogP contribution in [-0.2, 0) is 17.8 Å². The number of carbonyl (C=O) groups is 1. The number of fused-ring (bicyclic) bond motifs is 1. The second kappa shape index (κ2) is 11.5. The summed E-state index contributed by atoms with van der Waals surface area (Å²) >= 11 is 0. The number of hydrogen-bond acceptors (Lipinski definition) is 3. The lowest BCUT2D eigenvalue weighted by molar-refractivity contribution is -0.127. The quantitative estimate of drug-likeness (QED) is 0.420. The average molecular weight is 475 g/mol. The molecule has 0 aliphatic carbocycles. The van der Waals surface area contributed by atoms with E-state index in [1.807, 2.05) is 36.4 Å². The Hall–Kier alpha value is -3.18. The number of nitrogens with zero attached hydrogens (tertiary/aromatic N) is 1. The van der Waals surface area contributed by atoms with Gasteiger partial charge < -0.3 is 10.1 Å². The molecular formula is C30H35FN2O2. The fraction of sp³-hybridized carbons (Fsp3) is 0.367. The third-order valence-corrected chi connectivity index (χ3v) is 6.60. The number of carbonyl (C=O) groups excluding carboxylic acids is 1. The molecule has 0 saturated carbocycles. The second-order valence-electron chi connectivity index (χ2n) is 9.72. The van der Waals surface area contributed by atoms with Gasteiger partial charge in [0.25, 0.3) is 5.91 Å². The molecule has 1 aliphatic heterocycles. The summed E-state index contributed by atoms with van der Waals surface area (Å²) < 4.78 is 20.6. The molecular weight excluding hydrogens is 439 g/mol. The Kier molecular flexibility index (Phi) is 8.19. The van der Waals surface area contributed by atoms with Crippen molar-refractivity contribution in [3.05, 3.63) is 101 Å². The molecule has 1 aliphatic rings. The van der Waals surface area contributed by atoms with Crippen LogP contribution < -0.4 is 10.1 Å². The minimum absolute atomic E-state index is 0.0294. The number of amides is 1. The molecule has 0 fully saturated rings. The van der Waals surface area contributed by atoms with Gasteiger partial charge in [0.2, 0.25) is 0 Å². The van der Waals surface area contributed by atoms with Gasteiger partial charge in [-0.1, -0.05) is 68.4 Å². The summed E-state index contributed by atoms with van der Waals surface area (Å²) in [5.74, 6) is 0.919. The summed E-state index contributed by atoms with van der Waals surface area (Å²) in [4.78, 5) is 14.8. The maximum absolute atomic E-state index is 14.5. The Balaban J connectivity index is 1.58. The summed E-state index contributed by atoms with van der Waals surface area (Å²) in [5, 5.41) is 2.96. The lowest BCUT2D eigenvalue weighted by Crippen LogP contribution is -2.37. The highest BCUT2D eigenvalue weighted by atomic mass is 19.1. The Morgan fingerprint density at radius 1 is 1.06 bits per heavy atom. The van der Waals surface area contributed by atoms with Crippen molar-refractivity contribution in [3.8, 4) is 5.75 Å². The molecule has 0 unspecified atom stereocenters. The first kappa shape index (κ1) is 24.9. The van der Waals surface area contributed by atoms with Crippen molar-refractivity contribution in [1.29, 1.82) is 0 Å². The lowest BCUT2D eigenvalue weighted by Gasteiger charge is -2.38. The fourth-order valence-electron chi connectivity index (χ4n) is 4.65. The first-order chi connectivity index (χ1) is 16.9. The van der Waals surface area contributed by atoms with E-state index in [4.69, 9.17) is 4.74 Å². The highest BCUT2D eigenvalue weighted by Crippen LogP contribution is 2.38. The molecule has 3 aromatic rings. The van der Waals surface area contributed by atoms with Crippen LogP contribution in [0.25, 0.3) is 0 Å². The van der Waals surface area contributed by atoms with Crippen molar-refractivity contribution in [2.75, 3.05) is 13.1 Å². The van der Waals surface area contributed by atoms with Gasteiger partial charge in [0.05, 0.1) is 6.04 Å². The van der Waals surface area contributed by atoms with Crippen molar-refractivity contribution in [2.45, 2.75) is 52.3 Å². The van der Waals surface area contributed by atoms with Crippen LogP contribution in [0.1, 0.15) is 55.5 Å². The lowest BCUT2D eigenvalue weighted by atomic mass is 9.87. The van der Waals surface area contributed by atoms with E-state index in [0.717, 1.165) is 30.5 Å². The highest BCUT2D eigenvalue weighted by Gasteiger charge is 2.30. The molecule has 0 bridgehead atoms. The SMILES string of the molecule is CC(C)CCNC(=O)[C@H](C)Oc1ccc2c(c1)[C@H](c1ccccc1)N(Cc1ccccc1F)CC2. The predicted octanol–water partition coefficient (Wildman–Crippen LogP) is 5.90. The third-order valence-electron chi connectivity index (χ3n) is 6.60. The number of ether oxygens (including phenoxy) is 1. The minimum Gasteiger partial charge on any atom is -0.481 e. The number of benzene rings is 3. The van der Waals surface area contributed by atoms with E-state index in [-0.39, 0.29) is 17.8 Å². The van der Waals surface area contributed by atoms with Gasteiger partial charge >= 0.3 is 0 Å². The summed E-state index contributed by atoms with van der Waals surface area (Å²) in [6.07, 6.45) is 1.22. The van der Waals surface area contributed by atoms with Gasteiger partial charge in [-0.2, -0.15) is 0 Å². The molecule has 2 atom stereocenters. The summed E-state index contributed by atoms with van der Waals surface area (Å²) in [6, 6.07) is 23.4. The van der Waals surface area contributed by atoms with Crippen LogP contribution in [0.3, 0.4) is 0 Å². The minimum atomic E-state index is -0.589. The van der Waals surface area contributed by atoms with E-state index in [1.54, 1.807) is 13.0 Å². The molecule has 0 saturated heterocycles. The predicted molar refractivity (Wildman–Crippen MR) is 138 cm³/mol. The van der Waals surface area contributed by atoms with Crippen LogP contribution >= 0.6 is 0 Å². The van der Waals surface area contributed by atoms with Gasteiger partial charge in [0.15, 0.2) is 6.10 Å². The molecule has 4 rings (SSSR count). The highest BCUT2D eigenvalue weighted by molar-refractivity contribution is 5.80. The molecule has 1 N–H and O–H groups in total. The Morgan fingerprint density at radius 3 is 2.54 bits per heavy atom. The molecule has 1 amide bonds. The van der Waals surface area contributed by atoms with E-state index in [9.17, 15) is 9.18 Å². The molecule has 184 valence electrons. The molecule has 5 heteroatoms. The first-order valence-corrected chi connectivity index (χ1v) is 12.5. The Morgan fingerprint density at radius 2 is 1.80 bits per heavy atom. The normalized spacial score (nSPS) is 16.5. The van der Waals surface area contributed by atoms with Crippen LogP contribution in [0.15, 0.2) is 72.8 Å². The largest absolute Gasteiger partial charge is 0.481 e. The van der Waals surface area contributed by atoms with Gasteiger partial charge in [0, 0.05) is 25.2 Å². The van der Waals surface area contributed by atoms with E-state index in [2.05, 4.69) is 48.3 Å². The molecule has 35 heavy (non-hydrogen) atoms. The first-order valence-electron chi connectivity index (χ1n) is 12.5. The van der Waals surface area contributed by atoms with Crippen LogP contribution in [0, 0.1) is 11.7 Å². The molecule has 1 heterocycles. The zero-order valence-electron chi connectivity index (χ0n) is 20.8. The maximum atomic E-state index is 14.5. The number of rotatable bonds is 9. The second-order valence-corrected chi connectivity index (χ2v) is 9.72. The number of halogens is 1. The van der Waals surface area contributed by atoms with Gasteiger partial charge in [-0.05, 0) is 60.6 Å². The molecule has 0 spiro atoms. The topological polar surface area (TPSA) is 41.6 Å². The maximum Gasteiger partial charge on any atom is 0.260 e. The van der Waals surface area contributed by atoms with Crippen LogP contribution in [0.5, 0.6) is 5.75 Å². The average Bonchev–Trinajstić information content (AvgIpc) is 2.85. The van der Waals surface area contributed by atoms with Crippen molar-refractivity contribution in [1.82, 2.24) is 10.2 Å². The molecule has 3 aromatic carbocycles. The van der Waals surface area contributed by atoms with Gasteiger partial charge in [-0.15, -0.1) is 0 Å². The van der Waals surface area contributed by atoms with Gasteiger partial charge in [0.1, 0.15) is 11.6 Å². The summed E-state index contributed by atoms with van der Waals surface area (Å²) in [7, 11) is 0. The fourth-order valence-corrected chi connectivity index (χ4v) is 4.65. The standard InChI is InChI=1S/C30H35FN2O2/c1-21(2)15-17-32-30(34)22(3)35-26-14-13-23-16-18-33(20-25-11-7-8-12-28(25)31)29(27(23)19-26)24-9-5-4-6-10-24/h4-14,19,21-22,29H,15-18,20H2,1-3H3,(H,32,34)/t22-,29-/m0/s1. The molecule has 0 radical (unpaired) electrons. The zero-order chi connectivity index (χ0) is 24.8. The zero-order valence-corrected chi connectivity index (χ0v) is 20.8. The van der Waals surface area contributed by atoms with Crippen LogP contribution in [0.4, 0.5) is 4.39 Å². The van der Waals surface area contributed by atoms with Crippen LogP contribution in [0.2, 0.25) is 0 Å². The van der Waals surface area contributed by atoms with Crippen molar-refractivity contribution >= 4 is 5.91 Å². The Bertz CT molecular complexity index is 1130. The monoisotopic (exact) mass is 474 g/mol.